The third kappa shape index (κ3) is 5.61. The van der Waals surface area contributed by atoms with Gasteiger partial charge in [0.1, 0.15) is 0 Å². The smallest absolute Gasteiger partial charge is 0.229 e. The molecule has 36 heavy (non-hydrogen) atoms. The lowest BCUT2D eigenvalue weighted by molar-refractivity contribution is 0.221. The maximum absolute atomic E-state index is 11.6. The molecule has 7 nitrogen and oxygen atoms in total. The number of hydrogen-bond donors (Lipinski definition) is 3. The van der Waals surface area contributed by atoms with Crippen LogP contribution in [0.25, 0.3) is 10.9 Å². The molecule has 3 N–H and O–H groups in total. The number of nitrogens with zero attached hydrogens (tertiary/aromatic N) is 2. The molecule has 1 saturated heterocycles. The minimum absolute atomic E-state index is 0.0224. The Kier molecular flexibility index (Phi) is 6.80. The van der Waals surface area contributed by atoms with E-state index in [0.29, 0.717) is 22.5 Å². The van der Waals surface area contributed by atoms with Gasteiger partial charge in [-0.3, -0.25) is 9.62 Å². The van der Waals surface area contributed by atoms with E-state index in [0.717, 1.165) is 42.5 Å². The fourth-order valence-corrected chi connectivity index (χ4v) is 5.30. The molecule has 0 radical (unpaired) electrons. The van der Waals surface area contributed by atoms with Gasteiger partial charge in [0.15, 0.2) is 5.88 Å². The van der Waals surface area contributed by atoms with Crippen LogP contribution in [0.3, 0.4) is 0 Å². The predicted molar refractivity (Wildman–Crippen MR) is 146 cm³/mol. The van der Waals surface area contributed by atoms with E-state index in [4.69, 9.17) is 4.99 Å². The first-order chi connectivity index (χ1) is 17.4. The van der Waals surface area contributed by atoms with Gasteiger partial charge in [-0.05, 0) is 61.8 Å². The zero-order valence-electron chi connectivity index (χ0n) is 20.2. The van der Waals surface area contributed by atoms with Gasteiger partial charge in [0.2, 0.25) is 10.0 Å². The van der Waals surface area contributed by atoms with Crippen molar-refractivity contribution in [2.45, 2.75) is 25.8 Å². The number of H-pyrrole nitrogens is 1. The van der Waals surface area contributed by atoms with Crippen LogP contribution in [0.5, 0.6) is 5.88 Å². The number of sulfonamides is 1. The second-order valence-corrected chi connectivity index (χ2v) is 11.1. The summed E-state index contributed by atoms with van der Waals surface area (Å²) in [5, 5.41) is 11.7. The minimum Gasteiger partial charge on any atom is -0.494 e. The topological polar surface area (TPSA) is 97.8 Å². The summed E-state index contributed by atoms with van der Waals surface area (Å²) in [6, 6.07) is 23.1. The third-order valence-electron chi connectivity index (χ3n) is 6.40. The molecular formula is C28H30N4O3S. The molecule has 3 aromatic carbocycles. The van der Waals surface area contributed by atoms with Gasteiger partial charge in [0.25, 0.3) is 0 Å². The van der Waals surface area contributed by atoms with Crippen molar-refractivity contribution >= 4 is 38.0 Å². The lowest BCUT2D eigenvalue weighted by atomic mass is 10.0. The highest BCUT2D eigenvalue weighted by Gasteiger charge is 2.19. The molecule has 1 aliphatic heterocycles. The first-order valence-corrected chi connectivity index (χ1v) is 14.0. The summed E-state index contributed by atoms with van der Waals surface area (Å²) in [5.41, 5.74) is 5.14. The maximum Gasteiger partial charge on any atom is 0.229 e. The van der Waals surface area contributed by atoms with Crippen LogP contribution in [0, 0.1) is 0 Å². The van der Waals surface area contributed by atoms with Crippen molar-refractivity contribution < 1.29 is 13.5 Å². The lowest BCUT2D eigenvalue weighted by Crippen LogP contribution is -2.28. The molecule has 1 aliphatic rings. The van der Waals surface area contributed by atoms with E-state index in [1.54, 1.807) is 18.2 Å². The number of anilines is 1. The number of hydrogen-bond acceptors (Lipinski definition) is 5. The van der Waals surface area contributed by atoms with E-state index >= 15 is 0 Å². The quantitative estimate of drug-likeness (QED) is 0.295. The molecule has 0 bridgehead atoms. The second kappa shape index (κ2) is 10.2. The molecule has 0 saturated carbocycles. The van der Waals surface area contributed by atoms with Crippen LogP contribution in [0.1, 0.15) is 36.0 Å². The molecule has 0 unspecified atom stereocenters. The van der Waals surface area contributed by atoms with Gasteiger partial charge in [-0.25, -0.2) is 13.4 Å². The van der Waals surface area contributed by atoms with Gasteiger partial charge in [0, 0.05) is 17.5 Å². The van der Waals surface area contributed by atoms with Crippen LogP contribution in [-0.2, 0) is 16.6 Å². The molecule has 8 heteroatoms. The van der Waals surface area contributed by atoms with Gasteiger partial charge in [-0.2, -0.15) is 0 Å². The Balaban J connectivity index is 1.52. The van der Waals surface area contributed by atoms with E-state index in [1.807, 2.05) is 42.5 Å². The number of piperidine rings is 1. The van der Waals surface area contributed by atoms with E-state index in [9.17, 15) is 13.5 Å². The summed E-state index contributed by atoms with van der Waals surface area (Å²) in [6.07, 6.45) is 4.96. The lowest BCUT2D eigenvalue weighted by Gasteiger charge is -2.26. The molecule has 1 aromatic heterocycles. The zero-order chi connectivity index (χ0) is 25.1. The summed E-state index contributed by atoms with van der Waals surface area (Å²) >= 11 is 0. The van der Waals surface area contributed by atoms with Gasteiger partial charge >= 0.3 is 0 Å². The van der Waals surface area contributed by atoms with E-state index in [-0.39, 0.29) is 5.88 Å². The SMILES string of the molecule is CS(=O)(=O)Nc1ccc2c(C(=Nc3ccc(CN4CCCCC4)cc3)c3ccccc3)c(O)[nH]c2c1. The van der Waals surface area contributed by atoms with Crippen molar-refractivity contribution in [3.63, 3.8) is 0 Å². The number of aromatic nitrogens is 1. The minimum atomic E-state index is -3.42. The van der Waals surface area contributed by atoms with Gasteiger partial charge < -0.3 is 10.1 Å². The number of likely N-dealkylation sites (tertiary alicyclic amines) is 1. The molecule has 1 fully saturated rings. The van der Waals surface area contributed by atoms with E-state index in [2.05, 4.69) is 26.7 Å². The summed E-state index contributed by atoms with van der Waals surface area (Å²) in [7, 11) is -3.42. The van der Waals surface area contributed by atoms with Gasteiger partial charge in [0.05, 0.1) is 34.4 Å². The molecule has 0 atom stereocenters. The van der Waals surface area contributed by atoms with Gasteiger partial charge in [-0.1, -0.05) is 48.9 Å². The number of fused-ring (bicyclic) bond motifs is 1. The molecule has 5 rings (SSSR count). The van der Waals surface area contributed by atoms with Crippen LogP contribution in [0.2, 0.25) is 0 Å². The summed E-state index contributed by atoms with van der Waals surface area (Å²) in [4.78, 5) is 10.4. The Labute approximate surface area is 211 Å². The fourth-order valence-electron chi connectivity index (χ4n) is 4.74. The average molecular weight is 503 g/mol. The van der Waals surface area contributed by atoms with Crippen molar-refractivity contribution in [3.05, 3.63) is 89.5 Å². The van der Waals surface area contributed by atoms with E-state index < -0.39 is 10.0 Å². The molecule has 0 amide bonds. The Morgan fingerprint density at radius 1 is 1.00 bits per heavy atom. The first kappa shape index (κ1) is 24.1. The normalized spacial score (nSPS) is 15.3. The molecule has 4 aromatic rings. The number of benzene rings is 3. The Morgan fingerprint density at radius 2 is 1.72 bits per heavy atom. The Hall–Kier alpha value is -3.62. The summed E-state index contributed by atoms with van der Waals surface area (Å²) in [5.74, 6) is -0.0224. The van der Waals surface area contributed by atoms with Crippen LogP contribution in [-0.4, -0.2) is 48.5 Å². The Bertz CT molecular complexity index is 1490. The highest BCUT2D eigenvalue weighted by Crippen LogP contribution is 2.33. The van der Waals surface area contributed by atoms with E-state index in [1.165, 1.54) is 24.8 Å². The van der Waals surface area contributed by atoms with Crippen LogP contribution in [0.4, 0.5) is 11.4 Å². The molecule has 0 aliphatic carbocycles. The van der Waals surface area contributed by atoms with Crippen LogP contribution >= 0.6 is 0 Å². The van der Waals surface area contributed by atoms with Crippen LogP contribution in [0.15, 0.2) is 77.8 Å². The molecular weight excluding hydrogens is 472 g/mol. The highest BCUT2D eigenvalue weighted by molar-refractivity contribution is 7.92. The number of nitrogens with one attached hydrogen (secondary N) is 2. The molecule has 0 spiro atoms. The second-order valence-electron chi connectivity index (χ2n) is 9.31. The number of rotatable bonds is 7. The fraction of sp³-hybridized carbons (Fsp3) is 0.250. The third-order valence-corrected chi connectivity index (χ3v) is 7.00. The first-order valence-electron chi connectivity index (χ1n) is 12.1. The zero-order valence-corrected chi connectivity index (χ0v) is 21.1. The van der Waals surface area contributed by atoms with Crippen molar-refractivity contribution in [3.8, 4) is 5.88 Å². The van der Waals surface area contributed by atoms with Crippen molar-refractivity contribution in [1.29, 1.82) is 0 Å². The van der Waals surface area contributed by atoms with Crippen molar-refractivity contribution in [1.82, 2.24) is 9.88 Å². The summed E-state index contributed by atoms with van der Waals surface area (Å²) in [6.45, 7) is 3.25. The highest BCUT2D eigenvalue weighted by atomic mass is 32.2. The molecule has 186 valence electrons. The number of aliphatic imine (C=N–C) groups is 1. The average Bonchev–Trinajstić information content (AvgIpc) is 3.18. The van der Waals surface area contributed by atoms with Gasteiger partial charge in [-0.15, -0.1) is 0 Å². The maximum atomic E-state index is 11.6. The predicted octanol–water partition coefficient (Wildman–Crippen LogP) is 5.40. The van der Waals surface area contributed by atoms with Crippen molar-refractivity contribution in [2.75, 3.05) is 24.1 Å². The summed E-state index contributed by atoms with van der Waals surface area (Å²) < 4.78 is 25.8. The monoisotopic (exact) mass is 502 g/mol. The standard InChI is InChI=1S/C28H30N4O3S/c1-36(34,35)31-23-14-15-24-25(18-23)30-28(33)26(24)27(21-8-4-2-5-9-21)29-22-12-10-20(11-13-22)19-32-16-6-3-7-17-32/h2,4-5,8-15,18,30-31,33H,3,6-7,16-17,19H2,1H3. The number of aromatic amines is 1. The van der Waals surface area contributed by atoms with Crippen molar-refractivity contribution in [2.24, 2.45) is 4.99 Å². The van der Waals surface area contributed by atoms with Crippen LogP contribution < -0.4 is 4.72 Å². The largest absolute Gasteiger partial charge is 0.494 e. The number of aromatic hydroxyl groups is 1. The Morgan fingerprint density at radius 3 is 2.42 bits per heavy atom. The molecule has 2 heterocycles.